The first-order valence-corrected chi connectivity index (χ1v) is 6.73. The van der Waals surface area contributed by atoms with Crippen LogP contribution in [-0.4, -0.2) is 62.5 Å². The summed E-state index contributed by atoms with van der Waals surface area (Å²) < 4.78 is 23.8. The molecular formula is C8H17N3O3S. The molecule has 0 aliphatic carbocycles. The highest BCUT2D eigenvalue weighted by Crippen LogP contribution is 2.06. The molecule has 0 unspecified atom stereocenters. The fourth-order valence-electron chi connectivity index (χ4n) is 1.55. The van der Waals surface area contributed by atoms with Crippen LogP contribution in [0.5, 0.6) is 0 Å². The second-order valence-corrected chi connectivity index (χ2v) is 5.56. The number of piperazine rings is 1. The lowest BCUT2D eigenvalue weighted by Crippen LogP contribution is -2.50. The SMILES string of the molecule is CS(=O)(=O)N1CCN(C(=O)CCN)CC1. The molecule has 0 bridgehead atoms. The van der Waals surface area contributed by atoms with Crippen LogP contribution in [0.15, 0.2) is 0 Å². The topological polar surface area (TPSA) is 83.7 Å². The highest BCUT2D eigenvalue weighted by molar-refractivity contribution is 7.88. The molecule has 0 aromatic heterocycles. The number of nitrogens with zero attached hydrogens (tertiary/aromatic N) is 2. The first-order valence-electron chi connectivity index (χ1n) is 4.88. The molecule has 1 rings (SSSR count). The predicted octanol–water partition coefficient (Wildman–Crippen LogP) is -1.56. The third kappa shape index (κ3) is 3.44. The Balaban J connectivity index is 2.46. The Kier molecular flexibility index (Phi) is 4.06. The van der Waals surface area contributed by atoms with Crippen molar-refractivity contribution in [3.05, 3.63) is 0 Å². The van der Waals surface area contributed by atoms with Gasteiger partial charge in [0, 0.05) is 39.1 Å². The maximum absolute atomic E-state index is 11.4. The van der Waals surface area contributed by atoms with Crippen LogP contribution in [-0.2, 0) is 14.8 Å². The Morgan fingerprint density at radius 2 is 1.80 bits per heavy atom. The Morgan fingerprint density at radius 3 is 2.20 bits per heavy atom. The number of amides is 1. The van der Waals surface area contributed by atoms with Crippen molar-refractivity contribution in [2.75, 3.05) is 39.0 Å². The van der Waals surface area contributed by atoms with Crippen LogP contribution in [0.25, 0.3) is 0 Å². The Morgan fingerprint density at radius 1 is 1.27 bits per heavy atom. The van der Waals surface area contributed by atoms with Gasteiger partial charge in [-0.15, -0.1) is 0 Å². The molecule has 88 valence electrons. The van der Waals surface area contributed by atoms with Gasteiger partial charge in [-0.3, -0.25) is 4.79 Å². The summed E-state index contributed by atoms with van der Waals surface area (Å²) in [5.74, 6) is 0.00523. The van der Waals surface area contributed by atoms with Crippen LogP contribution in [0, 0.1) is 0 Å². The largest absolute Gasteiger partial charge is 0.340 e. The van der Waals surface area contributed by atoms with Crippen molar-refractivity contribution in [3.63, 3.8) is 0 Å². The highest BCUT2D eigenvalue weighted by atomic mass is 32.2. The van der Waals surface area contributed by atoms with E-state index in [4.69, 9.17) is 5.73 Å². The van der Waals surface area contributed by atoms with E-state index in [1.807, 2.05) is 0 Å². The van der Waals surface area contributed by atoms with E-state index < -0.39 is 10.0 Å². The Bertz CT molecular complexity index is 320. The van der Waals surface area contributed by atoms with E-state index in [-0.39, 0.29) is 5.91 Å². The lowest BCUT2D eigenvalue weighted by molar-refractivity contribution is -0.132. The molecule has 15 heavy (non-hydrogen) atoms. The molecule has 2 N–H and O–H groups in total. The van der Waals surface area contributed by atoms with Crippen LogP contribution in [0.2, 0.25) is 0 Å². The molecule has 1 heterocycles. The fraction of sp³-hybridized carbons (Fsp3) is 0.875. The minimum absolute atomic E-state index is 0.00523. The summed E-state index contributed by atoms with van der Waals surface area (Å²) in [5.41, 5.74) is 5.28. The molecule has 1 amide bonds. The molecule has 0 aromatic carbocycles. The summed E-state index contributed by atoms with van der Waals surface area (Å²) in [5, 5.41) is 0. The second kappa shape index (κ2) is 4.91. The van der Waals surface area contributed by atoms with Gasteiger partial charge in [0.25, 0.3) is 0 Å². The highest BCUT2D eigenvalue weighted by Gasteiger charge is 2.25. The maximum atomic E-state index is 11.4. The van der Waals surface area contributed by atoms with E-state index in [1.165, 1.54) is 10.6 Å². The first-order chi connectivity index (χ1) is 6.95. The molecule has 1 saturated heterocycles. The lowest BCUT2D eigenvalue weighted by atomic mass is 10.3. The van der Waals surface area contributed by atoms with Crippen molar-refractivity contribution in [1.82, 2.24) is 9.21 Å². The summed E-state index contributed by atoms with van der Waals surface area (Å²) in [7, 11) is -3.12. The normalized spacial score (nSPS) is 19.2. The van der Waals surface area contributed by atoms with Gasteiger partial charge >= 0.3 is 0 Å². The first kappa shape index (κ1) is 12.4. The third-order valence-corrected chi connectivity index (χ3v) is 3.72. The summed E-state index contributed by atoms with van der Waals surface area (Å²) >= 11 is 0. The number of carbonyl (C=O) groups is 1. The van der Waals surface area contributed by atoms with Crippen LogP contribution in [0.1, 0.15) is 6.42 Å². The van der Waals surface area contributed by atoms with Gasteiger partial charge < -0.3 is 10.6 Å². The standard InChI is InChI=1S/C8H17N3O3S/c1-15(13,14)11-6-4-10(5-7-11)8(12)2-3-9/h2-7,9H2,1H3. The third-order valence-electron chi connectivity index (χ3n) is 2.42. The number of hydrogen-bond acceptors (Lipinski definition) is 4. The van der Waals surface area contributed by atoms with Crippen LogP contribution < -0.4 is 5.73 Å². The van der Waals surface area contributed by atoms with E-state index in [1.54, 1.807) is 4.90 Å². The van der Waals surface area contributed by atoms with Crippen LogP contribution >= 0.6 is 0 Å². The van der Waals surface area contributed by atoms with E-state index >= 15 is 0 Å². The van der Waals surface area contributed by atoms with Crippen LogP contribution in [0.4, 0.5) is 0 Å². The van der Waals surface area contributed by atoms with Gasteiger partial charge in [-0.05, 0) is 0 Å². The van der Waals surface area contributed by atoms with Crippen molar-refractivity contribution < 1.29 is 13.2 Å². The fourth-order valence-corrected chi connectivity index (χ4v) is 2.38. The zero-order chi connectivity index (χ0) is 11.5. The number of nitrogens with two attached hydrogens (primary N) is 1. The van der Waals surface area contributed by atoms with Crippen molar-refractivity contribution in [1.29, 1.82) is 0 Å². The zero-order valence-corrected chi connectivity index (χ0v) is 9.66. The van der Waals surface area contributed by atoms with Crippen molar-refractivity contribution in [2.24, 2.45) is 5.73 Å². The van der Waals surface area contributed by atoms with E-state index in [0.717, 1.165) is 0 Å². The van der Waals surface area contributed by atoms with E-state index in [0.29, 0.717) is 39.1 Å². The van der Waals surface area contributed by atoms with Crippen molar-refractivity contribution in [3.8, 4) is 0 Å². The van der Waals surface area contributed by atoms with Gasteiger partial charge in [-0.25, -0.2) is 8.42 Å². The molecule has 0 spiro atoms. The molecule has 1 fully saturated rings. The Hall–Kier alpha value is -0.660. The maximum Gasteiger partial charge on any atom is 0.223 e. The number of sulfonamides is 1. The predicted molar refractivity (Wildman–Crippen MR) is 56.7 cm³/mol. The minimum atomic E-state index is -3.12. The van der Waals surface area contributed by atoms with Gasteiger partial charge in [-0.2, -0.15) is 4.31 Å². The molecule has 0 saturated carbocycles. The van der Waals surface area contributed by atoms with Gasteiger partial charge in [0.05, 0.1) is 6.26 Å². The molecule has 7 heteroatoms. The molecule has 6 nitrogen and oxygen atoms in total. The summed E-state index contributed by atoms with van der Waals surface area (Å²) in [6, 6.07) is 0. The second-order valence-electron chi connectivity index (χ2n) is 3.58. The minimum Gasteiger partial charge on any atom is -0.340 e. The van der Waals surface area contributed by atoms with Gasteiger partial charge in [-0.1, -0.05) is 0 Å². The number of rotatable bonds is 3. The average molecular weight is 235 g/mol. The number of hydrogen-bond donors (Lipinski definition) is 1. The van der Waals surface area contributed by atoms with Gasteiger partial charge in [0.15, 0.2) is 0 Å². The Labute approximate surface area is 90.1 Å². The van der Waals surface area contributed by atoms with Crippen molar-refractivity contribution >= 4 is 15.9 Å². The van der Waals surface area contributed by atoms with Gasteiger partial charge in [0.2, 0.25) is 15.9 Å². The molecule has 1 aliphatic rings. The number of carbonyl (C=O) groups excluding carboxylic acids is 1. The smallest absolute Gasteiger partial charge is 0.223 e. The zero-order valence-electron chi connectivity index (χ0n) is 8.85. The molecule has 0 aromatic rings. The summed E-state index contributed by atoms with van der Waals surface area (Å²) in [4.78, 5) is 13.1. The van der Waals surface area contributed by atoms with Crippen molar-refractivity contribution in [2.45, 2.75) is 6.42 Å². The van der Waals surface area contributed by atoms with Crippen LogP contribution in [0.3, 0.4) is 0 Å². The van der Waals surface area contributed by atoms with E-state index in [9.17, 15) is 13.2 Å². The summed E-state index contributed by atoms with van der Waals surface area (Å²) in [6.45, 7) is 2.03. The van der Waals surface area contributed by atoms with Gasteiger partial charge in [0.1, 0.15) is 0 Å². The molecule has 0 radical (unpaired) electrons. The summed E-state index contributed by atoms with van der Waals surface area (Å²) in [6.07, 6.45) is 1.52. The lowest BCUT2D eigenvalue weighted by Gasteiger charge is -2.33. The molecule has 0 atom stereocenters. The molecule has 1 aliphatic heterocycles. The monoisotopic (exact) mass is 235 g/mol. The van der Waals surface area contributed by atoms with E-state index in [2.05, 4.69) is 0 Å². The quantitative estimate of drug-likeness (QED) is 0.641. The molecular weight excluding hydrogens is 218 g/mol. The average Bonchev–Trinajstić information content (AvgIpc) is 2.17.